The minimum atomic E-state index is -0.244. The second-order valence-corrected chi connectivity index (χ2v) is 4.81. The highest BCUT2D eigenvalue weighted by Gasteiger charge is 2.08. The fourth-order valence-corrected chi connectivity index (χ4v) is 2.44. The van der Waals surface area contributed by atoms with Crippen LogP contribution in [0.25, 0.3) is 10.9 Å². The second kappa shape index (κ2) is 3.81. The van der Waals surface area contributed by atoms with Crippen molar-refractivity contribution in [2.45, 2.75) is 6.42 Å². The average Bonchev–Trinajstić information content (AvgIpc) is 2.86. The lowest BCUT2D eigenvalue weighted by molar-refractivity contribution is 0.629. The molecule has 0 bridgehead atoms. The van der Waals surface area contributed by atoms with Gasteiger partial charge in [-0.25, -0.2) is 4.39 Å². The molecule has 17 heavy (non-hydrogen) atoms. The molecule has 86 valence electrons. The van der Waals surface area contributed by atoms with E-state index < -0.39 is 0 Å². The van der Waals surface area contributed by atoms with Crippen molar-refractivity contribution >= 4 is 27.4 Å². The van der Waals surface area contributed by atoms with Crippen molar-refractivity contribution in [3.8, 4) is 0 Å². The van der Waals surface area contributed by atoms with Crippen LogP contribution >= 0.6 is 11.3 Å². The van der Waals surface area contributed by atoms with Gasteiger partial charge in [0.15, 0.2) is 0 Å². The van der Waals surface area contributed by atoms with Gasteiger partial charge in [-0.3, -0.25) is 0 Å². The van der Waals surface area contributed by atoms with Crippen molar-refractivity contribution in [3.63, 3.8) is 0 Å². The maximum atomic E-state index is 13.0. The van der Waals surface area contributed by atoms with E-state index in [9.17, 15) is 4.39 Å². The predicted molar refractivity (Wildman–Crippen MR) is 65.4 cm³/mol. The molecule has 3 aromatic rings. The van der Waals surface area contributed by atoms with Crippen LogP contribution in [-0.4, -0.2) is 15.2 Å². The number of anilines is 1. The van der Waals surface area contributed by atoms with Crippen LogP contribution in [0.15, 0.2) is 24.4 Å². The molecule has 0 unspecified atom stereocenters. The van der Waals surface area contributed by atoms with Gasteiger partial charge in [0.25, 0.3) is 0 Å². The molecule has 0 spiro atoms. The Morgan fingerprint density at radius 2 is 2.24 bits per heavy atom. The molecule has 3 N–H and O–H groups in total. The Bertz CT molecular complexity index is 673. The van der Waals surface area contributed by atoms with Gasteiger partial charge in [0.05, 0.1) is 0 Å². The van der Waals surface area contributed by atoms with Crippen molar-refractivity contribution in [3.05, 3.63) is 40.8 Å². The number of H-pyrrole nitrogens is 1. The minimum absolute atomic E-state index is 0.244. The number of hydrogen-bond donors (Lipinski definition) is 2. The maximum absolute atomic E-state index is 13.0. The number of aromatic amines is 1. The van der Waals surface area contributed by atoms with Crippen molar-refractivity contribution in [1.29, 1.82) is 0 Å². The predicted octanol–water partition coefficient (Wildman–Crippen LogP) is 2.33. The fraction of sp³-hybridized carbons (Fsp3) is 0.0909. The summed E-state index contributed by atoms with van der Waals surface area (Å²) in [6.45, 7) is 0. The topological polar surface area (TPSA) is 67.6 Å². The van der Waals surface area contributed by atoms with Crippen molar-refractivity contribution in [2.75, 3.05) is 5.73 Å². The summed E-state index contributed by atoms with van der Waals surface area (Å²) in [4.78, 5) is 3.04. The van der Waals surface area contributed by atoms with Gasteiger partial charge < -0.3 is 10.7 Å². The van der Waals surface area contributed by atoms with E-state index in [0.717, 1.165) is 21.5 Å². The third kappa shape index (κ3) is 1.87. The number of aromatic nitrogens is 3. The summed E-state index contributed by atoms with van der Waals surface area (Å²) in [6.07, 6.45) is 2.52. The minimum Gasteiger partial charge on any atom is -0.374 e. The quantitative estimate of drug-likeness (QED) is 0.731. The highest BCUT2D eigenvalue weighted by molar-refractivity contribution is 7.15. The fourth-order valence-electron chi connectivity index (χ4n) is 1.81. The summed E-state index contributed by atoms with van der Waals surface area (Å²) >= 11 is 1.37. The molecule has 3 rings (SSSR count). The molecule has 2 aromatic heterocycles. The molecule has 0 fully saturated rings. The van der Waals surface area contributed by atoms with Gasteiger partial charge in [-0.2, -0.15) is 0 Å². The Morgan fingerprint density at radius 3 is 3.00 bits per heavy atom. The molecule has 0 aliphatic heterocycles. The van der Waals surface area contributed by atoms with E-state index in [1.165, 1.54) is 23.5 Å². The van der Waals surface area contributed by atoms with E-state index >= 15 is 0 Å². The standard InChI is InChI=1S/C11H9FN4S/c12-7-1-2-8-6(5-14-9(8)4-7)3-10-15-16-11(13)17-10/h1-2,4-5,14H,3H2,(H2,13,16). The number of hydrogen-bond acceptors (Lipinski definition) is 4. The molecule has 0 saturated carbocycles. The number of nitrogens with two attached hydrogens (primary N) is 1. The van der Waals surface area contributed by atoms with Crippen LogP contribution in [0.5, 0.6) is 0 Å². The number of nitrogen functional groups attached to an aromatic ring is 1. The lowest BCUT2D eigenvalue weighted by Crippen LogP contribution is -1.85. The molecule has 0 aliphatic rings. The van der Waals surface area contributed by atoms with E-state index in [4.69, 9.17) is 5.73 Å². The zero-order valence-electron chi connectivity index (χ0n) is 8.77. The monoisotopic (exact) mass is 248 g/mol. The smallest absolute Gasteiger partial charge is 0.203 e. The molecule has 0 atom stereocenters. The lowest BCUT2D eigenvalue weighted by Gasteiger charge is -1.95. The molecule has 0 aliphatic carbocycles. The van der Waals surface area contributed by atoms with Crippen LogP contribution in [0.1, 0.15) is 10.6 Å². The van der Waals surface area contributed by atoms with Gasteiger partial charge in [0, 0.05) is 23.5 Å². The third-order valence-corrected chi connectivity index (χ3v) is 3.31. The number of rotatable bonds is 2. The number of benzene rings is 1. The van der Waals surface area contributed by atoms with Crippen LogP contribution < -0.4 is 5.73 Å². The SMILES string of the molecule is Nc1nnc(Cc2c[nH]c3cc(F)ccc23)s1. The van der Waals surface area contributed by atoms with E-state index in [1.807, 2.05) is 6.20 Å². The Hall–Kier alpha value is -1.95. The van der Waals surface area contributed by atoms with Crippen LogP contribution in [0, 0.1) is 5.82 Å². The van der Waals surface area contributed by atoms with Crippen molar-refractivity contribution < 1.29 is 4.39 Å². The molecular formula is C11H9FN4S. The lowest BCUT2D eigenvalue weighted by atomic mass is 10.1. The first kappa shape index (κ1) is 10.2. The summed E-state index contributed by atoms with van der Waals surface area (Å²) in [5, 5.41) is 10.1. The van der Waals surface area contributed by atoms with E-state index in [-0.39, 0.29) is 5.82 Å². The van der Waals surface area contributed by atoms with Gasteiger partial charge in [0.1, 0.15) is 10.8 Å². The molecule has 0 radical (unpaired) electrons. The summed E-state index contributed by atoms with van der Waals surface area (Å²) < 4.78 is 13.0. The molecule has 4 nitrogen and oxygen atoms in total. The normalized spacial score (nSPS) is 11.1. The molecule has 1 aromatic carbocycles. The third-order valence-electron chi connectivity index (χ3n) is 2.55. The van der Waals surface area contributed by atoms with Crippen LogP contribution in [0.4, 0.5) is 9.52 Å². The first-order valence-electron chi connectivity index (χ1n) is 5.06. The Balaban J connectivity index is 2.00. The van der Waals surface area contributed by atoms with Crippen molar-refractivity contribution in [1.82, 2.24) is 15.2 Å². The number of fused-ring (bicyclic) bond motifs is 1. The molecular weight excluding hydrogens is 239 g/mol. The first-order valence-corrected chi connectivity index (χ1v) is 5.87. The van der Waals surface area contributed by atoms with Gasteiger partial charge in [-0.1, -0.05) is 11.3 Å². The number of nitrogens with zero attached hydrogens (tertiary/aromatic N) is 2. The Labute approximate surface area is 100 Å². The summed E-state index contributed by atoms with van der Waals surface area (Å²) in [5.41, 5.74) is 7.38. The summed E-state index contributed by atoms with van der Waals surface area (Å²) in [5.74, 6) is -0.244. The first-order chi connectivity index (χ1) is 8.22. The van der Waals surface area contributed by atoms with Crippen LogP contribution in [0.3, 0.4) is 0 Å². The van der Waals surface area contributed by atoms with Crippen LogP contribution in [-0.2, 0) is 6.42 Å². The largest absolute Gasteiger partial charge is 0.374 e. The number of halogens is 1. The second-order valence-electron chi connectivity index (χ2n) is 3.71. The molecule has 0 amide bonds. The Kier molecular flexibility index (Phi) is 2.29. The van der Waals surface area contributed by atoms with Gasteiger partial charge >= 0.3 is 0 Å². The zero-order valence-corrected chi connectivity index (χ0v) is 9.59. The van der Waals surface area contributed by atoms with E-state index in [1.54, 1.807) is 6.07 Å². The van der Waals surface area contributed by atoms with E-state index in [2.05, 4.69) is 15.2 Å². The summed E-state index contributed by atoms with van der Waals surface area (Å²) in [6, 6.07) is 4.70. The molecule has 2 heterocycles. The Morgan fingerprint density at radius 1 is 1.35 bits per heavy atom. The maximum Gasteiger partial charge on any atom is 0.203 e. The summed E-state index contributed by atoms with van der Waals surface area (Å²) in [7, 11) is 0. The van der Waals surface area contributed by atoms with Gasteiger partial charge in [-0.05, 0) is 23.8 Å². The van der Waals surface area contributed by atoms with Gasteiger partial charge in [0.2, 0.25) is 5.13 Å². The molecule has 0 saturated heterocycles. The average molecular weight is 248 g/mol. The van der Waals surface area contributed by atoms with Gasteiger partial charge in [-0.15, -0.1) is 10.2 Å². The van der Waals surface area contributed by atoms with Crippen LogP contribution in [0.2, 0.25) is 0 Å². The number of nitrogens with one attached hydrogen (secondary N) is 1. The molecule has 6 heteroatoms. The van der Waals surface area contributed by atoms with E-state index in [0.29, 0.717) is 11.6 Å². The zero-order chi connectivity index (χ0) is 11.8. The highest BCUT2D eigenvalue weighted by Crippen LogP contribution is 2.23. The highest BCUT2D eigenvalue weighted by atomic mass is 32.1. The van der Waals surface area contributed by atoms with Crippen molar-refractivity contribution in [2.24, 2.45) is 0 Å².